The highest BCUT2D eigenvalue weighted by Gasteiger charge is 2.21. The summed E-state index contributed by atoms with van der Waals surface area (Å²) in [5, 5.41) is 0.821. The molecule has 0 bridgehead atoms. The molecule has 3 N–H and O–H groups in total. The summed E-state index contributed by atoms with van der Waals surface area (Å²) < 4.78 is 27.4. The number of nitrogens with two attached hydrogens (primary N) is 1. The first-order valence-electron chi connectivity index (χ1n) is 9.46. The van der Waals surface area contributed by atoms with Gasteiger partial charge >= 0.3 is 6.03 Å². The third-order valence-corrected chi connectivity index (χ3v) is 4.60. The molecule has 0 unspecified atom stereocenters. The second-order valence-corrected chi connectivity index (χ2v) is 6.32. The number of carbonyl (C=O) groups is 2. The Labute approximate surface area is 168 Å². The zero-order valence-corrected chi connectivity index (χ0v) is 16.8. The lowest BCUT2D eigenvalue weighted by atomic mass is 10.1. The van der Waals surface area contributed by atoms with Gasteiger partial charge in [-0.2, -0.15) is 0 Å². The standard InChI is InChI=1S/C20H19F2N3O2.C2H6/c1-12-16(21)8-7-15-13(10-24-19(12)15)6-9-18(26)25(20(23)27)11-14-4-2-3-5-17(14)22;1-2/h2-5,7-8,10,24H,6,9,11H2,1H3,(H2,23,27);1-2H3. The van der Waals surface area contributed by atoms with Crippen molar-refractivity contribution in [1.29, 1.82) is 0 Å². The number of aromatic amines is 1. The van der Waals surface area contributed by atoms with Crippen LogP contribution in [-0.2, 0) is 17.8 Å². The summed E-state index contributed by atoms with van der Waals surface area (Å²) in [5.74, 6) is -1.32. The average molecular weight is 401 g/mol. The fraction of sp³-hybridized carbons (Fsp3) is 0.273. The van der Waals surface area contributed by atoms with Gasteiger partial charge in [0.1, 0.15) is 11.6 Å². The molecule has 2 aromatic carbocycles. The number of fused-ring (bicyclic) bond motifs is 1. The molecular formula is C22H25F2N3O2. The molecule has 0 spiro atoms. The Morgan fingerprint density at radius 2 is 1.72 bits per heavy atom. The molecule has 0 radical (unpaired) electrons. The highest BCUT2D eigenvalue weighted by Crippen LogP contribution is 2.24. The smallest absolute Gasteiger partial charge is 0.321 e. The maximum absolute atomic E-state index is 13.8. The van der Waals surface area contributed by atoms with Crippen molar-refractivity contribution in [3.63, 3.8) is 0 Å². The van der Waals surface area contributed by atoms with Gasteiger partial charge < -0.3 is 10.7 Å². The molecule has 1 heterocycles. The van der Waals surface area contributed by atoms with Crippen LogP contribution in [0.5, 0.6) is 0 Å². The molecule has 3 rings (SSSR count). The number of hydrogen-bond donors (Lipinski definition) is 2. The fourth-order valence-electron chi connectivity index (χ4n) is 3.05. The summed E-state index contributed by atoms with van der Waals surface area (Å²) in [5.41, 5.74) is 7.53. The van der Waals surface area contributed by atoms with Crippen LogP contribution in [0.15, 0.2) is 42.6 Å². The lowest BCUT2D eigenvalue weighted by Crippen LogP contribution is -2.40. The summed E-state index contributed by atoms with van der Waals surface area (Å²) in [6.45, 7) is 5.45. The number of carbonyl (C=O) groups excluding carboxylic acids is 2. The number of halogens is 2. The number of aryl methyl sites for hydroxylation is 2. The van der Waals surface area contributed by atoms with Crippen molar-refractivity contribution in [2.24, 2.45) is 5.73 Å². The normalized spacial score (nSPS) is 10.4. The van der Waals surface area contributed by atoms with E-state index in [1.165, 1.54) is 24.3 Å². The van der Waals surface area contributed by atoms with Crippen LogP contribution in [0, 0.1) is 18.6 Å². The van der Waals surface area contributed by atoms with E-state index >= 15 is 0 Å². The van der Waals surface area contributed by atoms with Gasteiger partial charge in [-0.15, -0.1) is 0 Å². The molecule has 0 atom stereocenters. The van der Waals surface area contributed by atoms with E-state index in [9.17, 15) is 18.4 Å². The number of H-pyrrole nitrogens is 1. The average Bonchev–Trinajstić information content (AvgIpc) is 3.13. The second-order valence-electron chi connectivity index (χ2n) is 6.32. The Hall–Kier alpha value is -3.22. The topological polar surface area (TPSA) is 79.2 Å². The third-order valence-electron chi connectivity index (χ3n) is 4.60. The van der Waals surface area contributed by atoms with E-state index in [0.717, 1.165) is 15.8 Å². The number of benzene rings is 2. The van der Waals surface area contributed by atoms with Crippen LogP contribution in [0.3, 0.4) is 0 Å². The molecule has 0 saturated heterocycles. The van der Waals surface area contributed by atoms with Gasteiger partial charge in [0.15, 0.2) is 0 Å². The summed E-state index contributed by atoms with van der Waals surface area (Å²) >= 11 is 0. The van der Waals surface area contributed by atoms with Gasteiger partial charge in [-0.1, -0.05) is 32.0 Å². The Kier molecular flexibility index (Phi) is 7.47. The van der Waals surface area contributed by atoms with Crippen molar-refractivity contribution in [1.82, 2.24) is 9.88 Å². The number of primary amides is 1. The van der Waals surface area contributed by atoms with Crippen LogP contribution < -0.4 is 5.73 Å². The summed E-state index contributed by atoms with van der Waals surface area (Å²) in [6, 6.07) is 8.00. The van der Waals surface area contributed by atoms with E-state index in [1.807, 2.05) is 13.8 Å². The predicted octanol–water partition coefficient (Wildman–Crippen LogP) is 4.82. The van der Waals surface area contributed by atoms with Crippen LogP contribution in [0.1, 0.15) is 37.0 Å². The van der Waals surface area contributed by atoms with Gasteiger partial charge in [-0.05, 0) is 37.1 Å². The largest absolute Gasteiger partial charge is 0.361 e. The quantitative estimate of drug-likeness (QED) is 0.643. The Bertz CT molecular complexity index is 1010. The number of amides is 3. The van der Waals surface area contributed by atoms with E-state index in [0.29, 0.717) is 17.5 Å². The van der Waals surface area contributed by atoms with Gasteiger partial charge in [-0.25, -0.2) is 13.6 Å². The third kappa shape index (κ3) is 4.99. The van der Waals surface area contributed by atoms with Crippen LogP contribution in [0.25, 0.3) is 10.9 Å². The van der Waals surface area contributed by atoms with Gasteiger partial charge in [0.05, 0.1) is 12.1 Å². The molecule has 154 valence electrons. The lowest BCUT2D eigenvalue weighted by molar-refractivity contribution is -0.128. The van der Waals surface area contributed by atoms with Crippen molar-refractivity contribution in [3.8, 4) is 0 Å². The van der Waals surface area contributed by atoms with Crippen molar-refractivity contribution >= 4 is 22.8 Å². The SMILES string of the molecule is CC.Cc1c(F)ccc2c(CCC(=O)N(Cc3ccccc3F)C(N)=O)c[nH]c12. The Morgan fingerprint density at radius 3 is 2.38 bits per heavy atom. The molecule has 7 heteroatoms. The van der Waals surface area contributed by atoms with Crippen molar-refractivity contribution in [2.45, 2.75) is 40.2 Å². The fourth-order valence-corrected chi connectivity index (χ4v) is 3.05. The van der Waals surface area contributed by atoms with E-state index < -0.39 is 17.8 Å². The van der Waals surface area contributed by atoms with Crippen LogP contribution in [0.2, 0.25) is 0 Å². The van der Waals surface area contributed by atoms with Crippen LogP contribution in [-0.4, -0.2) is 21.8 Å². The molecule has 0 fully saturated rings. The van der Waals surface area contributed by atoms with Gasteiger partial charge in [-0.3, -0.25) is 9.69 Å². The van der Waals surface area contributed by atoms with E-state index in [4.69, 9.17) is 5.73 Å². The maximum atomic E-state index is 13.8. The highest BCUT2D eigenvalue weighted by atomic mass is 19.1. The number of nitrogens with zero attached hydrogens (tertiary/aromatic N) is 1. The van der Waals surface area contributed by atoms with Gasteiger partial charge in [0, 0.05) is 29.1 Å². The minimum atomic E-state index is -0.930. The lowest BCUT2D eigenvalue weighted by Gasteiger charge is -2.19. The molecule has 0 aliphatic rings. The van der Waals surface area contributed by atoms with Crippen LogP contribution in [0.4, 0.5) is 13.6 Å². The molecule has 1 aromatic heterocycles. The second kappa shape index (κ2) is 9.82. The molecule has 3 amide bonds. The molecule has 0 aliphatic carbocycles. The van der Waals surface area contributed by atoms with Gasteiger partial charge in [0.25, 0.3) is 0 Å². The van der Waals surface area contributed by atoms with E-state index in [2.05, 4.69) is 4.98 Å². The number of nitrogens with one attached hydrogen (secondary N) is 1. The number of imide groups is 1. The Balaban J connectivity index is 0.00000145. The number of aromatic nitrogens is 1. The Morgan fingerprint density at radius 1 is 1.03 bits per heavy atom. The highest BCUT2D eigenvalue weighted by molar-refractivity contribution is 5.94. The summed E-state index contributed by atoms with van der Waals surface area (Å²) in [7, 11) is 0. The predicted molar refractivity (Wildman–Crippen MR) is 109 cm³/mol. The van der Waals surface area contributed by atoms with Crippen molar-refractivity contribution in [2.75, 3.05) is 0 Å². The summed E-state index contributed by atoms with van der Waals surface area (Å²) in [6.07, 6.45) is 2.07. The number of rotatable bonds is 5. The first kappa shape index (κ1) is 22.1. The van der Waals surface area contributed by atoms with Gasteiger partial charge in [0.2, 0.25) is 5.91 Å². The molecule has 29 heavy (non-hydrogen) atoms. The number of urea groups is 1. The minimum Gasteiger partial charge on any atom is -0.361 e. The maximum Gasteiger partial charge on any atom is 0.321 e. The van der Waals surface area contributed by atoms with Crippen LogP contribution >= 0.6 is 0 Å². The first-order chi connectivity index (χ1) is 13.9. The monoisotopic (exact) mass is 401 g/mol. The summed E-state index contributed by atoms with van der Waals surface area (Å²) in [4.78, 5) is 28.0. The zero-order valence-electron chi connectivity index (χ0n) is 16.8. The van der Waals surface area contributed by atoms with E-state index in [-0.39, 0.29) is 24.3 Å². The van der Waals surface area contributed by atoms with Crippen molar-refractivity contribution < 1.29 is 18.4 Å². The minimum absolute atomic E-state index is 0.0147. The first-order valence-corrected chi connectivity index (χ1v) is 9.46. The molecule has 0 aliphatic heterocycles. The molecule has 0 saturated carbocycles. The molecular weight excluding hydrogens is 376 g/mol. The molecule has 3 aromatic rings. The number of hydrogen-bond acceptors (Lipinski definition) is 2. The molecule has 5 nitrogen and oxygen atoms in total. The zero-order chi connectivity index (χ0) is 21.6. The van der Waals surface area contributed by atoms with E-state index in [1.54, 1.807) is 25.3 Å². The van der Waals surface area contributed by atoms with Crippen molar-refractivity contribution in [3.05, 3.63) is 70.9 Å².